The Balaban J connectivity index is 2.41. The summed E-state index contributed by atoms with van der Waals surface area (Å²) in [5.41, 5.74) is 0. The highest BCUT2D eigenvalue weighted by Crippen LogP contribution is 2.26. The summed E-state index contributed by atoms with van der Waals surface area (Å²) in [4.78, 5) is 12.2. The summed E-state index contributed by atoms with van der Waals surface area (Å²) in [6.45, 7) is 2.82. The minimum atomic E-state index is -0.0449. The van der Waals surface area contributed by atoms with Crippen LogP contribution in [-0.2, 0) is 0 Å². The van der Waals surface area contributed by atoms with Gasteiger partial charge in [-0.1, -0.05) is 37.1 Å². The van der Waals surface area contributed by atoms with E-state index in [2.05, 4.69) is 12.2 Å². The average Bonchev–Trinajstić information content (AvgIpc) is 2.22. The highest BCUT2D eigenvalue weighted by Gasteiger charge is 2.06. The first-order valence-electron chi connectivity index (χ1n) is 4.94. The van der Waals surface area contributed by atoms with E-state index in [0.29, 0.717) is 5.02 Å². The molecule has 15 heavy (non-hydrogen) atoms. The molecule has 0 aromatic heterocycles. The summed E-state index contributed by atoms with van der Waals surface area (Å²) in [5, 5.41) is 3.40. The first-order chi connectivity index (χ1) is 7.24. The predicted molar refractivity (Wildman–Crippen MR) is 65.6 cm³/mol. The Morgan fingerprint density at radius 3 is 2.87 bits per heavy atom. The van der Waals surface area contributed by atoms with Crippen LogP contribution in [0.1, 0.15) is 19.8 Å². The van der Waals surface area contributed by atoms with Crippen molar-refractivity contribution in [2.75, 3.05) is 6.54 Å². The second-order valence-corrected chi connectivity index (χ2v) is 4.52. The molecule has 82 valence electrons. The molecule has 1 N–H and O–H groups in total. The summed E-state index contributed by atoms with van der Waals surface area (Å²) >= 11 is 7.07. The van der Waals surface area contributed by atoms with Crippen LogP contribution in [0.3, 0.4) is 0 Å². The third-order valence-corrected chi connectivity index (χ3v) is 3.19. The fourth-order valence-electron chi connectivity index (χ4n) is 1.03. The molecule has 0 atom stereocenters. The lowest BCUT2D eigenvalue weighted by molar-refractivity contribution is 0.260. The molecule has 1 rings (SSSR count). The van der Waals surface area contributed by atoms with Crippen LogP contribution in [-0.4, -0.2) is 11.8 Å². The molecule has 1 aromatic carbocycles. The van der Waals surface area contributed by atoms with Crippen LogP contribution >= 0.6 is 23.4 Å². The zero-order chi connectivity index (χ0) is 11.1. The Labute approximate surface area is 99.4 Å². The standard InChI is InChI=1S/C11H14ClNOS/c1-2-3-8-13-11(14)15-10-7-5-4-6-9(10)12/h4-7H,2-3,8H2,1H3,(H,13,14). The molecule has 0 saturated carbocycles. The van der Waals surface area contributed by atoms with Crippen molar-refractivity contribution in [3.63, 3.8) is 0 Å². The van der Waals surface area contributed by atoms with Crippen LogP contribution in [0.15, 0.2) is 29.2 Å². The van der Waals surface area contributed by atoms with E-state index in [4.69, 9.17) is 11.6 Å². The summed E-state index contributed by atoms with van der Waals surface area (Å²) in [6.07, 6.45) is 2.09. The van der Waals surface area contributed by atoms with E-state index in [1.807, 2.05) is 18.2 Å². The van der Waals surface area contributed by atoms with Gasteiger partial charge in [-0.25, -0.2) is 0 Å². The van der Waals surface area contributed by atoms with Crippen LogP contribution < -0.4 is 5.32 Å². The molecule has 2 nitrogen and oxygen atoms in total. The molecule has 0 fully saturated rings. The minimum absolute atomic E-state index is 0.0449. The molecule has 0 unspecified atom stereocenters. The van der Waals surface area contributed by atoms with Gasteiger partial charge in [0.15, 0.2) is 0 Å². The van der Waals surface area contributed by atoms with Crippen LogP contribution in [0, 0.1) is 0 Å². The van der Waals surface area contributed by atoms with Gasteiger partial charge >= 0.3 is 0 Å². The smallest absolute Gasteiger partial charge is 0.283 e. The lowest BCUT2D eigenvalue weighted by atomic mass is 10.3. The molecule has 1 aromatic rings. The lowest BCUT2D eigenvalue weighted by Crippen LogP contribution is -2.19. The second-order valence-electron chi connectivity index (χ2n) is 3.10. The Morgan fingerprint density at radius 1 is 1.47 bits per heavy atom. The zero-order valence-corrected chi connectivity index (χ0v) is 10.2. The minimum Gasteiger partial charge on any atom is -0.347 e. The van der Waals surface area contributed by atoms with Gasteiger partial charge in [-0.15, -0.1) is 0 Å². The Kier molecular flexibility index (Phi) is 5.58. The number of hydrogen-bond acceptors (Lipinski definition) is 2. The maximum absolute atomic E-state index is 11.4. The quantitative estimate of drug-likeness (QED) is 0.641. The van der Waals surface area contributed by atoms with Gasteiger partial charge in [-0.2, -0.15) is 0 Å². The SMILES string of the molecule is CCCCNC(=O)Sc1ccccc1Cl. The summed E-state index contributed by atoms with van der Waals surface area (Å²) in [7, 11) is 0. The molecule has 0 radical (unpaired) electrons. The van der Waals surface area contributed by atoms with E-state index in [1.165, 1.54) is 0 Å². The molecule has 0 bridgehead atoms. The average molecular weight is 244 g/mol. The van der Waals surface area contributed by atoms with Crippen LogP contribution in [0.5, 0.6) is 0 Å². The van der Waals surface area contributed by atoms with Crippen LogP contribution in [0.25, 0.3) is 0 Å². The molecular weight excluding hydrogens is 230 g/mol. The first kappa shape index (κ1) is 12.4. The van der Waals surface area contributed by atoms with E-state index in [-0.39, 0.29) is 5.24 Å². The van der Waals surface area contributed by atoms with E-state index in [1.54, 1.807) is 6.07 Å². The van der Waals surface area contributed by atoms with Crippen molar-refractivity contribution in [2.45, 2.75) is 24.7 Å². The number of nitrogens with one attached hydrogen (secondary N) is 1. The maximum Gasteiger partial charge on any atom is 0.283 e. The number of rotatable bonds is 4. The monoisotopic (exact) mass is 243 g/mol. The third-order valence-electron chi connectivity index (χ3n) is 1.84. The molecule has 0 aliphatic rings. The number of amides is 1. The molecule has 4 heteroatoms. The molecule has 0 spiro atoms. The van der Waals surface area contributed by atoms with Crippen molar-refractivity contribution >= 4 is 28.6 Å². The van der Waals surface area contributed by atoms with Crippen LogP contribution in [0.4, 0.5) is 4.79 Å². The molecule has 0 aliphatic carbocycles. The molecule has 0 aliphatic heterocycles. The van der Waals surface area contributed by atoms with Gasteiger partial charge in [0.1, 0.15) is 0 Å². The second kappa shape index (κ2) is 6.75. The van der Waals surface area contributed by atoms with E-state index < -0.39 is 0 Å². The fraction of sp³-hybridized carbons (Fsp3) is 0.364. The van der Waals surface area contributed by atoms with E-state index in [9.17, 15) is 4.79 Å². The number of unbranched alkanes of at least 4 members (excludes halogenated alkanes) is 1. The Hall–Kier alpha value is -0.670. The van der Waals surface area contributed by atoms with Crippen molar-refractivity contribution in [2.24, 2.45) is 0 Å². The number of benzene rings is 1. The Bertz CT molecular complexity index is 330. The van der Waals surface area contributed by atoms with Crippen LogP contribution in [0.2, 0.25) is 5.02 Å². The van der Waals surface area contributed by atoms with Gasteiger partial charge in [-0.3, -0.25) is 4.79 Å². The number of carbonyl (C=O) groups is 1. The lowest BCUT2D eigenvalue weighted by Gasteiger charge is -2.04. The largest absolute Gasteiger partial charge is 0.347 e. The van der Waals surface area contributed by atoms with Gasteiger partial charge in [-0.05, 0) is 30.3 Å². The highest BCUT2D eigenvalue weighted by atomic mass is 35.5. The number of carbonyl (C=O) groups excluding carboxylic acids is 1. The van der Waals surface area contributed by atoms with E-state index in [0.717, 1.165) is 36.0 Å². The van der Waals surface area contributed by atoms with Crippen molar-refractivity contribution in [1.82, 2.24) is 5.32 Å². The Morgan fingerprint density at radius 2 is 2.20 bits per heavy atom. The fourth-order valence-corrected chi connectivity index (χ4v) is 1.97. The highest BCUT2D eigenvalue weighted by molar-refractivity contribution is 8.13. The predicted octanol–water partition coefficient (Wildman–Crippen LogP) is 3.94. The van der Waals surface area contributed by atoms with Gasteiger partial charge in [0, 0.05) is 11.4 Å². The number of hydrogen-bond donors (Lipinski definition) is 1. The van der Waals surface area contributed by atoms with Gasteiger partial charge < -0.3 is 5.32 Å². The normalized spacial score (nSPS) is 10.0. The molecular formula is C11H14ClNOS. The number of halogens is 1. The van der Waals surface area contributed by atoms with Crippen molar-refractivity contribution < 1.29 is 4.79 Å². The van der Waals surface area contributed by atoms with Crippen molar-refractivity contribution in [3.8, 4) is 0 Å². The van der Waals surface area contributed by atoms with Crippen molar-refractivity contribution in [3.05, 3.63) is 29.3 Å². The van der Waals surface area contributed by atoms with E-state index >= 15 is 0 Å². The summed E-state index contributed by atoms with van der Waals surface area (Å²) < 4.78 is 0. The third kappa shape index (κ3) is 4.58. The maximum atomic E-state index is 11.4. The van der Waals surface area contributed by atoms with Gasteiger partial charge in [0.2, 0.25) is 0 Å². The molecule has 1 amide bonds. The number of thioether (sulfide) groups is 1. The summed E-state index contributed by atoms with van der Waals surface area (Å²) in [5.74, 6) is 0. The molecule has 0 saturated heterocycles. The summed E-state index contributed by atoms with van der Waals surface area (Å²) in [6, 6.07) is 7.34. The molecule has 0 heterocycles. The first-order valence-corrected chi connectivity index (χ1v) is 6.13. The van der Waals surface area contributed by atoms with Crippen molar-refractivity contribution in [1.29, 1.82) is 0 Å². The van der Waals surface area contributed by atoms with Gasteiger partial charge in [0.25, 0.3) is 5.24 Å². The topological polar surface area (TPSA) is 29.1 Å². The van der Waals surface area contributed by atoms with Gasteiger partial charge in [0.05, 0.1) is 5.02 Å². The zero-order valence-electron chi connectivity index (χ0n) is 8.63.